The second-order valence-corrected chi connectivity index (χ2v) is 3.92. The number of nitrogens with one attached hydrogen (secondary N) is 1. The van der Waals surface area contributed by atoms with Crippen molar-refractivity contribution in [1.82, 2.24) is 5.32 Å². The third-order valence-electron chi connectivity index (χ3n) is 2.58. The average molecular weight is 219 g/mol. The molecule has 4 nitrogen and oxygen atoms in total. The Labute approximate surface area is 93.2 Å². The molecule has 0 radical (unpaired) electrons. The lowest BCUT2D eigenvalue weighted by atomic mass is 9.89. The van der Waals surface area contributed by atoms with Gasteiger partial charge in [-0.2, -0.15) is 0 Å². The molecule has 0 aromatic heterocycles. The first-order chi connectivity index (χ1) is 7.51. The van der Waals surface area contributed by atoms with Crippen molar-refractivity contribution >= 4 is 12.0 Å². The van der Waals surface area contributed by atoms with Crippen molar-refractivity contribution in [3.63, 3.8) is 0 Å². The summed E-state index contributed by atoms with van der Waals surface area (Å²) in [7, 11) is 0. The van der Waals surface area contributed by atoms with E-state index >= 15 is 0 Å². The summed E-state index contributed by atoms with van der Waals surface area (Å²) >= 11 is 0. The molecule has 3 N–H and O–H groups in total. The van der Waals surface area contributed by atoms with E-state index in [9.17, 15) is 15.0 Å². The van der Waals surface area contributed by atoms with E-state index in [0.717, 1.165) is 5.56 Å². The number of rotatable bonds is 1. The van der Waals surface area contributed by atoms with Crippen molar-refractivity contribution in [3.8, 4) is 5.75 Å². The maximum Gasteiger partial charge on any atom is 0.219 e. The minimum atomic E-state index is -1.42. The normalized spacial score (nSPS) is 22.6. The molecule has 0 aliphatic heterocycles. The molecule has 16 heavy (non-hydrogen) atoms. The van der Waals surface area contributed by atoms with Crippen molar-refractivity contribution in [1.29, 1.82) is 0 Å². The van der Waals surface area contributed by atoms with Crippen LogP contribution in [0.4, 0.5) is 0 Å². The zero-order chi connectivity index (χ0) is 11.8. The molecule has 0 heterocycles. The third-order valence-corrected chi connectivity index (χ3v) is 2.58. The van der Waals surface area contributed by atoms with Gasteiger partial charge in [0.1, 0.15) is 5.75 Å². The van der Waals surface area contributed by atoms with E-state index < -0.39 is 5.72 Å². The molecule has 1 amide bonds. The lowest BCUT2D eigenvalue weighted by Gasteiger charge is -2.32. The maximum atomic E-state index is 11.1. The minimum Gasteiger partial charge on any atom is -0.508 e. The highest BCUT2D eigenvalue weighted by Gasteiger charge is 2.33. The second-order valence-electron chi connectivity index (χ2n) is 3.92. The van der Waals surface area contributed by atoms with Gasteiger partial charge in [0, 0.05) is 18.9 Å². The van der Waals surface area contributed by atoms with Crippen LogP contribution < -0.4 is 5.32 Å². The fraction of sp³-hybridized carbons (Fsp3) is 0.250. The van der Waals surface area contributed by atoms with Gasteiger partial charge in [-0.25, -0.2) is 0 Å². The van der Waals surface area contributed by atoms with Gasteiger partial charge in [0.05, 0.1) is 0 Å². The number of aliphatic hydroxyl groups is 1. The smallest absolute Gasteiger partial charge is 0.219 e. The number of hydrogen-bond acceptors (Lipinski definition) is 3. The van der Waals surface area contributed by atoms with Crippen molar-refractivity contribution in [2.45, 2.75) is 19.1 Å². The van der Waals surface area contributed by atoms with Crippen LogP contribution in [0.25, 0.3) is 6.08 Å². The topological polar surface area (TPSA) is 69.6 Å². The lowest BCUT2D eigenvalue weighted by molar-refractivity contribution is -0.127. The summed E-state index contributed by atoms with van der Waals surface area (Å²) in [5.74, 6) is -0.245. The van der Waals surface area contributed by atoms with E-state index in [2.05, 4.69) is 5.32 Å². The molecular weight excluding hydrogens is 206 g/mol. The number of amides is 1. The summed E-state index contributed by atoms with van der Waals surface area (Å²) in [5, 5.41) is 22.2. The van der Waals surface area contributed by atoms with Crippen LogP contribution in [0.1, 0.15) is 24.5 Å². The second kappa shape index (κ2) is 3.64. The van der Waals surface area contributed by atoms with Gasteiger partial charge in [-0.05, 0) is 17.7 Å². The molecular formula is C12H13NO3. The summed E-state index contributed by atoms with van der Waals surface area (Å²) in [6, 6.07) is 4.71. The Bertz CT molecular complexity index is 467. The van der Waals surface area contributed by atoms with E-state index in [-0.39, 0.29) is 11.7 Å². The number of hydrogen-bond donors (Lipinski definition) is 3. The van der Waals surface area contributed by atoms with Crippen LogP contribution in [0.5, 0.6) is 5.75 Å². The number of phenolic OH excluding ortho intramolecular Hbond substituents is 1. The molecule has 0 spiro atoms. The Morgan fingerprint density at radius 1 is 1.50 bits per heavy atom. The molecule has 0 saturated heterocycles. The van der Waals surface area contributed by atoms with E-state index in [1.54, 1.807) is 18.2 Å². The van der Waals surface area contributed by atoms with Gasteiger partial charge in [-0.1, -0.05) is 18.2 Å². The Morgan fingerprint density at radius 3 is 2.94 bits per heavy atom. The van der Waals surface area contributed by atoms with E-state index in [1.807, 2.05) is 6.08 Å². The zero-order valence-electron chi connectivity index (χ0n) is 8.90. The highest BCUT2D eigenvalue weighted by Crippen LogP contribution is 2.33. The molecule has 0 bridgehead atoms. The Hall–Kier alpha value is -1.81. The van der Waals surface area contributed by atoms with Crippen LogP contribution in [0.2, 0.25) is 0 Å². The molecule has 4 heteroatoms. The van der Waals surface area contributed by atoms with Crippen molar-refractivity contribution in [2.75, 3.05) is 0 Å². The van der Waals surface area contributed by atoms with Crippen LogP contribution in [0.15, 0.2) is 24.3 Å². The summed E-state index contributed by atoms with van der Waals surface area (Å²) in [6.07, 6.45) is 3.93. The predicted molar refractivity (Wildman–Crippen MR) is 59.5 cm³/mol. The van der Waals surface area contributed by atoms with Crippen LogP contribution >= 0.6 is 0 Å². The van der Waals surface area contributed by atoms with Crippen LogP contribution in [-0.2, 0) is 10.5 Å². The molecule has 84 valence electrons. The first-order valence-electron chi connectivity index (χ1n) is 5.02. The summed E-state index contributed by atoms with van der Waals surface area (Å²) < 4.78 is 0. The predicted octanol–water partition coefficient (Wildman–Crippen LogP) is 1.09. The Morgan fingerprint density at radius 2 is 2.25 bits per heavy atom. The molecule has 1 unspecified atom stereocenters. The average Bonchev–Trinajstić information content (AvgIpc) is 2.18. The highest BCUT2D eigenvalue weighted by atomic mass is 16.3. The lowest BCUT2D eigenvalue weighted by Crippen LogP contribution is -2.45. The standard InChI is InChI=1S/C12H13NO3/c1-8(14)13-12(16)6-2-3-9-4-5-10(15)7-11(9)12/h2-5,7,15-16H,6H2,1H3,(H,13,14). The molecule has 1 aromatic carbocycles. The fourth-order valence-electron chi connectivity index (χ4n) is 1.92. The first kappa shape index (κ1) is 10.7. The van der Waals surface area contributed by atoms with Gasteiger partial charge in [0.2, 0.25) is 5.91 Å². The number of benzene rings is 1. The number of aromatic hydroxyl groups is 1. The quantitative estimate of drug-likeness (QED) is 0.619. The molecule has 0 fully saturated rings. The number of carbonyl (C=O) groups is 1. The van der Waals surface area contributed by atoms with E-state index in [0.29, 0.717) is 12.0 Å². The van der Waals surface area contributed by atoms with Gasteiger partial charge in [-0.15, -0.1) is 0 Å². The van der Waals surface area contributed by atoms with Gasteiger partial charge >= 0.3 is 0 Å². The fourth-order valence-corrected chi connectivity index (χ4v) is 1.92. The molecule has 1 atom stereocenters. The molecule has 2 rings (SSSR count). The van der Waals surface area contributed by atoms with Crippen molar-refractivity contribution in [2.24, 2.45) is 0 Å². The van der Waals surface area contributed by atoms with Gasteiger partial charge in [0.25, 0.3) is 0 Å². The first-order valence-corrected chi connectivity index (χ1v) is 5.02. The largest absolute Gasteiger partial charge is 0.508 e. The van der Waals surface area contributed by atoms with Crippen LogP contribution in [-0.4, -0.2) is 16.1 Å². The van der Waals surface area contributed by atoms with Gasteiger partial charge < -0.3 is 15.5 Å². The van der Waals surface area contributed by atoms with Crippen LogP contribution in [0, 0.1) is 0 Å². The third kappa shape index (κ3) is 1.79. The summed E-state index contributed by atoms with van der Waals surface area (Å²) in [5.41, 5.74) is -0.111. The summed E-state index contributed by atoms with van der Waals surface area (Å²) in [6.45, 7) is 1.35. The van der Waals surface area contributed by atoms with Gasteiger partial charge in [0.15, 0.2) is 5.72 Å². The van der Waals surface area contributed by atoms with E-state index in [4.69, 9.17) is 0 Å². The molecule has 0 saturated carbocycles. The Balaban J connectivity index is 2.49. The maximum absolute atomic E-state index is 11.1. The van der Waals surface area contributed by atoms with E-state index in [1.165, 1.54) is 13.0 Å². The SMILES string of the molecule is CC(=O)NC1(O)CC=Cc2ccc(O)cc21. The zero-order valence-corrected chi connectivity index (χ0v) is 8.90. The molecule has 1 aliphatic carbocycles. The van der Waals surface area contributed by atoms with Gasteiger partial charge in [-0.3, -0.25) is 4.79 Å². The monoisotopic (exact) mass is 219 g/mol. The van der Waals surface area contributed by atoms with Crippen molar-refractivity contribution < 1.29 is 15.0 Å². The number of phenols is 1. The molecule has 1 aliphatic rings. The van der Waals surface area contributed by atoms with Crippen LogP contribution in [0.3, 0.4) is 0 Å². The molecule has 1 aromatic rings. The Kier molecular flexibility index (Phi) is 2.44. The summed E-state index contributed by atoms with van der Waals surface area (Å²) in [4.78, 5) is 11.1. The number of carbonyl (C=O) groups excluding carboxylic acids is 1. The number of fused-ring (bicyclic) bond motifs is 1. The highest BCUT2D eigenvalue weighted by molar-refractivity contribution is 5.75. The van der Waals surface area contributed by atoms with Crippen molar-refractivity contribution in [3.05, 3.63) is 35.4 Å². The minimum absolute atomic E-state index is 0.0674.